The molecule has 1 heterocycles. The Morgan fingerprint density at radius 1 is 1.25 bits per heavy atom. The zero-order valence-corrected chi connectivity index (χ0v) is 10.8. The molecule has 90 valence electrons. The lowest BCUT2D eigenvalue weighted by atomic mass is 10.0. The van der Waals surface area contributed by atoms with Gasteiger partial charge in [-0.2, -0.15) is 0 Å². The molecule has 0 spiro atoms. The number of nitrogens with zero attached hydrogens (tertiary/aromatic N) is 1. The summed E-state index contributed by atoms with van der Waals surface area (Å²) in [6.07, 6.45) is 6.52. The summed E-state index contributed by atoms with van der Waals surface area (Å²) in [7, 11) is 0. The predicted molar refractivity (Wildman–Crippen MR) is 69.6 cm³/mol. The van der Waals surface area contributed by atoms with Crippen LogP contribution in [0.5, 0.6) is 0 Å². The molecule has 1 rings (SSSR count). The van der Waals surface area contributed by atoms with Crippen molar-refractivity contribution >= 4 is 0 Å². The molecule has 2 nitrogen and oxygen atoms in total. The Labute approximate surface area is 99.5 Å². The Morgan fingerprint density at radius 2 is 2.06 bits per heavy atom. The molecule has 1 atom stereocenters. The van der Waals surface area contributed by atoms with Gasteiger partial charge in [-0.3, -0.25) is 4.98 Å². The summed E-state index contributed by atoms with van der Waals surface area (Å²) in [5, 5.41) is 3.60. The highest BCUT2D eigenvalue weighted by Gasteiger charge is 2.13. The number of aryl methyl sites for hydroxylation is 1. The monoisotopic (exact) mass is 220 g/mol. The lowest BCUT2D eigenvalue weighted by molar-refractivity contribution is 0.480. The van der Waals surface area contributed by atoms with Crippen LogP contribution in [0.2, 0.25) is 0 Å². The molecule has 1 aromatic rings. The molecule has 1 unspecified atom stereocenters. The van der Waals surface area contributed by atoms with E-state index in [1.807, 2.05) is 12.3 Å². The Bertz CT molecular complexity index is 297. The van der Waals surface area contributed by atoms with Crippen LogP contribution >= 0.6 is 0 Å². The third-order valence-corrected chi connectivity index (χ3v) is 2.86. The van der Waals surface area contributed by atoms with Crippen LogP contribution in [-0.4, -0.2) is 11.5 Å². The third kappa shape index (κ3) is 3.60. The van der Waals surface area contributed by atoms with Crippen LogP contribution in [-0.2, 0) is 6.42 Å². The number of hydrogen-bond acceptors (Lipinski definition) is 2. The van der Waals surface area contributed by atoms with Gasteiger partial charge in [-0.25, -0.2) is 0 Å². The van der Waals surface area contributed by atoms with Gasteiger partial charge in [0.05, 0.1) is 5.69 Å². The SMILES string of the molecule is CCCNC(CCC)c1ncccc1CC. The lowest BCUT2D eigenvalue weighted by Gasteiger charge is -2.19. The van der Waals surface area contributed by atoms with E-state index in [2.05, 4.69) is 37.1 Å². The highest BCUT2D eigenvalue weighted by molar-refractivity contribution is 5.22. The van der Waals surface area contributed by atoms with Crippen LogP contribution in [0.4, 0.5) is 0 Å². The molecule has 0 amide bonds. The first kappa shape index (κ1) is 13.2. The van der Waals surface area contributed by atoms with Gasteiger partial charge in [0, 0.05) is 12.2 Å². The molecule has 0 saturated carbocycles. The number of hydrogen-bond donors (Lipinski definition) is 1. The lowest BCUT2D eigenvalue weighted by Crippen LogP contribution is -2.24. The molecule has 0 aliphatic heterocycles. The highest BCUT2D eigenvalue weighted by Crippen LogP contribution is 2.20. The maximum Gasteiger partial charge on any atom is 0.0604 e. The zero-order chi connectivity index (χ0) is 11.8. The van der Waals surface area contributed by atoms with Crippen molar-refractivity contribution in [1.29, 1.82) is 0 Å². The van der Waals surface area contributed by atoms with E-state index in [0.29, 0.717) is 6.04 Å². The Morgan fingerprint density at radius 3 is 2.69 bits per heavy atom. The fourth-order valence-electron chi connectivity index (χ4n) is 2.01. The van der Waals surface area contributed by atoms with E-state index in [1.165, 1.54) is 30.5 Å². The second kappa shape index (κ2) is 7.39. The average molecular weight is 220 g/mol. The number of aromatic nitrogens is 1. The van der Waals surface area contributed by atoms with Crippen LogP contribution in [0.15, 0.2) is 18.3 Å². The summed E-state index contributed by atoms with van der Waals surface area (Å²) in [6.45, 7) is 7.71. The smallest absolute Gasteiger partial charge is 0.0604 e. The van der Waals surface area contributed by atoms with E-state index in [9.17, 15) is 0 Å². The maximum absolute atomic E-state index is 4.56. The molecule has 1 N–H and O–H groups in total. The Kier molecular flexibility index (Phi) is 6.09. The van der Waals surface area contributed by atoms with E-state index >= 15 is 0 Å². The predicted octanol–water partition coefficient (Wildman–Crippen LogP) is 3.48. The van der Waals surface area contributed by atoms with Crippen molar-refractivity contribution in [2.75, 3.05) is 6.54 Å². The summed E-state index contributed by atoms with van der Waals surface area (Å²) >= 11 is 0. The van der Waals surface area contributed by atoms with Crippen molar-refractivity contribution in [3.8, 4) is 0 Å². The fourth-order valence-corrected chi connectivity index (χ4v) is 2.01. The minimum atomic E-state index is 0.432. The molecule has 0 aliphatic rings. The summed E-state index contributed by atoms with van der Waals surface area (Å²) < 4.78 is 0. The minimum Gasteiger partial charge on any atom is -0.309 e. The minimum absolute atomic E-state index is 0.432. The van der Waals surface area contributed by atoms with Crippen molar-refractivity contribution < 1.29 is 0 Å². The van der Waals surface area contributed by atoms with Gasteiger partial charge < -0.3 is 5.32 Å². The third-order valence-electron chi connectivity index (χ3n) is 2.86. The molecule has 2 heteroatoms. The summed E-state index contributed by atoms with van der Waals surface area (Å²) in [6, 6.07) is 4.66. The van der Waals surface area contributed by atoms with E-state index in [4.69, 9.17) is 0 Å². The Hall–Kier alpha value is -0.890. The summed E-state index contributed by atoms with van der Waals surface area (Å²) in [5.74, 6) is 0. The second-order valence-corrected chi connectivity index (χ2v) is 4.20. The van der Waals surface area contributed by atoms with Crippen molar-refractivity contribution in [2.45, 2.75) is 52.5 Å². The van der Waals surface area contributed by atoms with Crippen LogP contribution < -0.4 is 5.32 Å². The fraction of sp³-hybridized carbons (Fsp3) is 0.643. The summed E-state index contributed by atoms with van der Waals surface area (Å²) in [5.41, 5.74) is 2.63. The molecule has 1 aromatic heterocycles. The quantitative estimate of drug-likeness (QED) is 0.761. The van der Waals surface area contributed by atoms with Crippen molar-refractivity contribution in [3.05, 3.63) is 29.6 Å². The first-order chi connectivity index (χ1) is 7.83. The molecule has 0 radical (unpaired) electrons. The van der Waals surface area contributed by atoms with Gasteiger partial charge in [-0.1, -0.05) is 33.3 Å². The van der Waals surface area contributed by atoms with Crippen LogP contribution in [0.25, 0.3) is 0 Å². The number of nitrogens with one attached hydrogen (secondary N) is 1. The molecule has 0 aliphatic carbocycles. The standard InChI is InChI=1S/C14H24N2/c1-4-8-13(15-10-5-2)14-12(6-3)9-7-11-16-14/h7,9,11,13,15H,4-6,8,10H2,1-3H3. The Balaban J connectivity index is 2.81. The van der Waals surface area contributed by atoms with Gasteiger partial charge >= 0.3 is 0 Å². The molecule has 0 bridgehead atoms. The zero-order valence-electron chi connectivity index (χ0n) is 10.8. The van der Waals surface area contributed by atoms with Gasteiger partial charge in [-0.05, 0) is 37.4 Å². The second-order valence-electron chi connectivity index (χ2n) is 4.20. The van der Waals surface area contributed by atoms with Gasteiger partial charge in [-0.15, -0.1) is 0 Å². The van der Waals surface area contributed by atoms with Crippen molar-refractivity contribution in [2.24, 2.45) is 0 Å². The van der Waals surface area contributed by atoms with E-state index in [0.717, 1.165) is 13.0 Å². The molecule has 0 saturated heterocycles. The van der Waals surface area contributed by atoms with Crippen molar-refractivity contribution in [1.82, 2.24) is 10.3 Å². The number of rotatable bonds is 7. The van der Waals surface area contributed by atoms with Gasteiger partial charge in [0.15, 0.2) is 0 Å². The number of pyridine rings is 1. The van der Waals surface area contributed by atoms with Gasteiger partial charge in [0.1, 0.15) is 0 Å². The molecular formula is C14H24N2. The maximum atomic E-state index is 4.56. The molecule has 0 fully saturated rings. The van der Waals surface area contributed by atoms with Gasteiger partial charge in [0.25, 0.3) is 0 Å². The summed E-state index contributed by atoms with van der Waals surface area (Å²) in [4.78, 5) is 4.56. The topological polar surface area (TPSA) is 24.9 Å². The molecular weight excluding hydrogens is 196 g/mol. The van der Waals surface area contributed by atoms with Crippen LogP contribution in [0, 0.1) is 0 Å². The normalized spacial score (nSPS) is 12.7. The first-order valence-corrected chi connectivity index (χ1v) is 6.50. The van der Waals surface area contributed by atoms with E-state index in [-0.39, 0.29) is 0 Å². The van der Waals surface area contributed by atoms with Gasteiger partial charge in [0.2, 0.25) is 0 Å². The van der Waals surface area contributed by atoms with Crippen molar-refractivity contribution in [3.63, 3.8) is 0 Å². The molecule has 0 aromatic carbocycles. The van der Waals surface area contributed by atoms with Crippen LogP contribution in [0.1, 0.15) is 57.3 Å². The van der Waals surface area contributed by atoms with E-state index < -0.39 is 0 Å². The average Bonchev–Trinajstić information content (AvgIpc) is 2.34. The molecule has 16 heavy (non-hydrogen) atoms. The van der Waals surface area contributed by atoms with E-state index in [1.54, 1.807) is 0 Å². The largest absolute Gasteiger partial charge is 0.309 e. The first-order valence-electron chi connectivity index (χ1n) is 6.50. The van der Waals surface area contributed by atoms with Crippen LogP contribution in [0.3, 0.4) is 0 Å². The highest BCUT2D eigenvalue weighted by atomic mass is 14.9.